The smallest absolute Gasteiger partial charge is 0.234 e. The highest BCUT2D eigenvalue weighted by Gasteiger charge is 2.19. The zero-order valence-electron chi connectivity index (χ0n) is 16.3. The van der Waals surface area contributed by atoms with Crippen molar-refractivity contribution in [1.82, 2.24) is 14.8 Å². The van der Waals surface area contributed by atoms with Crippen LogP contribution in [0.25, 0.3) is 11.4 Å². The molecule has 4 rings (SSSR count). The molecular weight excluding hydrogens is 392 g/mol. The van der Waals surface area contributed by atoms with E-state index in [0.29, 0.717) is 17.2 Å². The average Bonchev–Trinajstić information content (AvgIpc) is 3.43. The number of ether oxygens (including phenoxy) is 2. The van der Waals surface area contributed by atoms with Crippen LogP contribution in [-0.4, -0.2) is 33.2 Å². The van der Waals surface area contributed by atoms with Gasteiger partial charge >= 0.3 is 0 Å². The van der Waals surface area contributed by atoms with Gasteiger partial charge in [-0.3, -0.25) is 4.79 Å². The number of nitrogens with one attached hydrogen (secondary N) is 1. The van der Waals surface area contributed by atoms with E-state index in [0.717, 1.165) is 41.7 Å². The largest absolute Gasteiger partial charge is 0.469 e. The molecule has 1 amide bonds. The molecule has 3 heterocycles. The van der Waals surface area contributed by atoms with Crippen molar-refractivity contribution in [2.45, 2.75) is 38.4 Å². The fourth-order valence-electron chi connectivity index (χ4n) is 3.03. The first kappa shape index (κ1) is 19.4. The standard InChI is InChI=1S/C20H22N4O4S/c1-3-4-8-24-19(15-7-9-26-13(15)2)22-23-20(24)29-11-18(25)21-14-5-6-16-17(10-14)28-12-27-16/h5-7,9-10H,3-4,8,11-12H2,1-2H3,(H,21,25). The third kappa shape index (κ3) is 4.24. The van der Waals surface area contributed by atoms with Crippen LogP contribution >= 0.6 is 11.8 Å². The molecule has 9 heteroatoms. The van der Waals surface area contributed by atoms with E-state index >= 15 is 0 Å². The van der Waals surface area contributed by atoms with Gasteiger partial charge in [-0.05, 0) is 31.5 Å². The lowest BCUT2D eigenvalue weighted by Gasteiger charge is -2.09. The van der Waals surface area contributed by atoms with Gasteiger partial charge in [0.25, 0.3) is 0 Å². The van der Waals surface area contributed by atoms with Crippen LogP contribution in [0.5, 0.6) is 11.5 Å². The summed E-state index contributed by atoms with van der Waals surface area (Å²) in [4.78, 5) is 12.4. The molecule has 0 radical (unpaired) electrons. The summed E-state index contributed by atoms with van der Waals surface area (Å²) in [5.74, 6) is 2.98. The number of thioether (sulfide) groups is 1. The maximum absolute atomic E-state index is 12.4. The number of aromatic nitrogens is 3. The lowest BCUT2D eigenvalue weighted by atomic mass is 10.2. The number of amides is 1. The van der Waals surface area contributed by atoms with E-state index in [1.54, 1.807) is 24.5 Å². The number of unbranched alkanes of at least 4 members (excludes halogenated alkanes) is 1. The van der Waals surface area contributed by atoms with Gasteiger partial charge in [0.05, 0.1) is 17.6 Å². The van der Waals surface area contributed by atoms with Crippen molar-refractivity contribution in [1.29, 1.82) is 0 Å². The summed E-state index contributed by atoms with van der Waals surface area (Å²) in [6.45, 7) is 5.03. The Labute approximate surface area is 172 Å². The Kier molecular flexibility index (Phi) is 5.75. The van der Waals surface area contributed by atoms with Crippen LogP contribution in [0.4, 0.5) is 5.69 Å². The van der Waals surface area contributed by atoms with Crippen LogP contribution in [0, 0.1) is 6.92 Å². The molecule has 0 atom stereocenters. The van der Waals surface area contributed by atoms with Gasteiger partial charge < -0.3 is 23.8 Å². The number of hydrogen-bond acceptors (Lipinski definition) is 7. The number of rotatable bonds is 8. The van der Waals surface area contributed by atoms with Crippen LogP contribution in [-0.2, 0) is 11.3 Å². The van der Waals surface area contributed by atoms with Crippen molar-refractivity contribution in [2.24, 2.45) is 0 Å². The highest BCUT2D eigenvalue weighted by atomic mass is 32.2. The third-order valence-corrected chi connectivity index (χ3v) is 5.51. The zero-order valence-corrected chi connectivity index (χ0v) is 17.1. The first-order valence-corrected chi connectivity index (χ1v) is 10.4. The van der Waals surface area contributed by atoms with Gasteiger partial charge in [0.15, 0.2) is 22.5 Å². The van der Waals surface area contributed by atoms with Crippen molar-refractivity contribution in [3.05, 3.63) is 36.3 Å². The maximum atomic E-state index is 12.4. The summed E-state index contributed by atoms with van der Waals surface area (Å²) < 4.78 is 18.1. The normalized spacial score (nSPS) is 12.3. The quantitative estimate of drug-likeness (QED) is 0.555. The molecule has 8 nitrogen and oxygen atoms in total. The molecule has 0 fully saturated rings. The van der Waals surface area contributed by atoms with E-state index in [9.17, 15) is 4.79 Å². The summed E-state index contributed by atoms with van der Waals surface area (Å²) in [5, 5.41) is 12.3. The number of nitrogens with zero attached hydrogens (tertiary/aromatic N) is 3. The Morgan fingerprint density at radius 1 is 1.24 bits per heavy atom. The second-order valence-corrected chi connectivity index (χ2v) is 7.55. The van der Waals surface area contributed by atoms with Gasteiger partial charge in [-0.15, -0.1) is 10.2 Å². The molecule has 0 unspecified atom stereocenters. The van der Waals surface area contributed by atoms with Crippen molar-refractivity contribution in [3.63, 3.8) is 0 Å². The molecule has 0 bridgehead atoms. The Morgan fingerprint density at radius 2 is 2.10 bits per heavy atom. The van der Waals surface area contributed by atoms with Crippen molar-refractivity contribution < 1.29 is 18.7 Å². The molecule has 3 aromatic rings. The molecule has 0 spiro atoms. The summed E-state index contributed by atoms with van der Waals surface area (Å²) in [6, 6.07) is 7.22. The van der Waals surface area contributed by atoms with Gasteiger partial charge in [-0.2, -0.15) is 0 Å². The molecular formula is C20H22N4O4S. The lowest BCUT2D eigenvalue weighted by molar-refractivity contribution is -0.113. The predicted molar refractivity (Wildman–Crippen MR) is 109 cm³/mol. The van der Waals surface area contributed by atoms with E-state index in [1.165, 1.54) is 11.8 Å². The molecule has 1 N–H and O–H groups in total. The van der Waals surface area contributed by atoms with Crippen molar-refractivity contribution in [3.8, 4) is 22.9 Å². The average molecular weight is 414 g/mol. The Balaban J connectivity index is 1.44. The fourth-order valence-corrected chi connectivity index (χ4v) is 3.80. The number of fused-ring (bicyclic) bond motifs is 1. The number of carbonyl (C=O) groups is 1. The molecule has 29 heavy (non-hydrogen) atoms. The van der Waals surface area contributed by atoms with Crippen LogP contribution in [0.3, 0.4) is 0 Å². The molecule has 1 aromatic carbocycles. The summed E-state index contributed by atoms with van der Waals surface area (Å²) >= 11 is 1.37. The molecule has 0 saturated carbocycles. The van der Waals surface area contributed by atoms with Crippen molar-refractivity contribution in [2.75, 3.05) is 17.9 Å². The number of carbonyl (C=O) groups excluding carboxylic acids is 1. The van der Waals surface area contributed by atoms with E-state index in [-0.39, 0.29) is 18.5 Å². The topological polar surface area (TPSA) is 91.4 Å². The van der Waals surface area contributed by atoms with Gasteiger partial charge in [-0.1, -0.05) is 25.1 Å². The second-order valence-electron chi connectivity index (χ2n) is 6.61. The van der Waals surface area contributed by atoms with E-state index in [1.807, 2.05) is 13.0 Å². The van der Waals surface area contributed by atoms with Crippen LogP contribution in [0.15, 0.2) is 40.1 Å². The highest BCUT2D eigenvalue weighted by Crippen LogP contribution is 2.34. The van der Waals surface area contributed by atoms with Crippen LogP contribution < -0.4 is 14.8 Å². The monoisotopic (exact) mass is 414 g/mol. The van der Waals surface area contributed by atoms with Gasteiger partial charge in [0.1, 0.15) is 5.76 Å². The highest BCUT2D eigenvalue weighted by molar-refractivity contribution is 7.99. The summed E-state index contributed by atoms with van der Waals surface area (Å²) in [5.41, 5.74) is 1.59. The van der Waals surface area contributed by atoms with Gasteiger partial charge in [0.2, 0.25) is 12.7 Å². The summed E-state index contributed by atoms with van der Waals surface area (Å²) in [7, 11) is 0. The molecule has 152 valence electrons. The van der Waals surface area contributed by atoms with Gasteiger partial charge in [-0.25, -0.2) is 0 Å². The van der Waals surface area contributed by atoms with Crippen LogP contribution in [0.1, 0.15) is 25.5 Å². The van der Waals surface area contributed by atoms with Crippen LogP contribution in [0.2, 0.25) is 0 Å². The third-order valence-electron chi connectivity index (χ3n) is 4.54. The van der Waals surface area contributed by atoms with E-state index < -0.39 is 0 Å². The Bertz CT molecular complexity index is 1010. The first-order chi connectivity index (χ1) is 14.2. The minimum atomic E-state index is -0.125. The lowest BCUT2D eigenvalue weighted by Crippen LogP contribution is -2.14. The molecule has 1 aliphatic heterocycles. The predicted octanol–water partition coefficient (Wildman–Crippen LogP) is 4.11. The number of aryl methyl sites for hydroxylation is 1. The van der Waals surface area contributed by atoms with Gasteiger partial charge in [0, 0.05) is 18.3 Å². The number of benzene rings is 1. The molecule has 0 saturated heterocycles. The van der Waals surface area contributed by atoms with E-state index in [4.69, 9.17) is 13.9 Å². The minimum Gasteiger partial charge on any atom is -0.469 e. The maximum Gasteiger partial charge on any atom is 0.234 e. The molecule has 0 aliphatic carbocycles. The second kappa shape index (κ2) is 8.60. The van der Waals surface area contributed by atoms with E-state index in [2.05, 4.69) is 27.0 Å². The molecule has 1 aliphatic rings. The Morgan fingerprint density at radius 3 is 2.90 bits per heavy atom. The fraction of sp³-hybridized carbons (Fsp3) is 0.350. The molecule has 2 aromatic heterocycles. The van der Waals surface area contributed by atoms with Crippen molar-refractivity contribution >= 4 is 23.4 Å². The SMILES string of the molecule is CCCCn1c(SCC(=O)Nc2ccc3c(c2)OCO3)nnc1-c1ccoc1C. The number of furan rings is 1. The Hall–Kier alpha value is -2.94. The number of hydrogen-bond donors (Lipinski definition) is 1. The number of anilines is 1. The summed E-state index contributed by atoms with van der Waals surface area (Å²) in [6.07, 6.45) is 3.70. The first-order valence-electron chi connectivity index (χ1n) is 9.45. The minimum absolute atomic E-state index is 0.125. The zero-order chi connectivity index (χ0) is 20.2.